The van der Waals surface area contributed by atoms with E-state index in [9.17, 15) is 0 Å². The van der Waals surface area contributed by atoms with Crippen molar-refractivity contribution in [2.24, 2.45) is 0 Å². The maximum Gasteiger partial charge on any atom is 0.0728 e. The predicted molar refractivity (Wildman–Crippen MR) is 91.4 cm³/mol. The van der Waals surface area contributed by atoms with Gasteiger partial charge in [-0.2, -0.15) is 0 Å². The summed E-state index contributed by atoms with van der Waals surface area (Å²) in [5.41, 5.74) is 14.8. The topological polar surface area (TPSA) is 9.23 Å². The van der Waals surface area contributed by atoms with E-state index < -0.39 is 0 Å². The third-order valence-corrected chi connectivity index (χ3v) is 5.75. The number of hydrogen-bond donors (Lipinski definition) is 0. The summed E-state index contributed by atoms with van der Waals surface area (Å²) < 4.78 is 5.86. The van der Waals surface area contributed by atoms with Crippen molar-refractivity contribution in [3.8, 4) is 22.3 Å². The van der Waals surface area contributed by atoms with Gasteiger partial charge in [-0.05, 0) is 68.5 Å². The summed E-state index contributed by atoms with van der Waals surface area (Å²) in [4.78, 5) is 0. The number of fused-ring (bicyclic) bond motifs is 10. The Morgan fingerprint density at radius 1 is 0.565 bits per heavy atom. The molecule has 1 nitrogen and oxygen atoms in total. The zero-order chi connectivity index (χ0) is 15.0. The molecule has 23 heavy (non-hydrogen) atoms. The molecular formula is C22H16O. The van der Waals surface area contributed by atoms with Crippen molar-refractivity contribution >= 4 is 0 Å². The highest BCUT2D eigenvalue weighted by atomic mass is 16.5. The first-order chi connectivity index (χ1) is 11.4. The molecule has 0 bridgehead atoms. The fourth-order valence-electron chi connectivity index (χ4n) is 4.77. The van der Waals surface area contributed by atoms with Crippen molar-refractivity contribution in [2.45, 2.75) is 26.1 Å². The Hall–Kier alpha value is -2.38. The van der Waals surface area contributed by atoms with Crippen LogP contribution in [0.3, 0.4) is 0 Å². The molecule has 3 aromatic carbocycles. The summed E-state index contributed by atoms with van der Waals surface area (Å²) in [5.74, 6) is 0. The molecule has 2 aliphatic carbocycles. The highest BCUT2D eigenvalue weighted by Crippen LogP contribution is 2.52. The fraction of sp³-hybridized carbons (Fsp3) is 0.182. The standard InChI is InChI=1S/C22H16O/c1-3-7-15-13(5-1)9-17-19-11-23-12-20(19)18-10-14-6-2-4-8-16(14)22(18)21(15)17/h1-8H,9-12H2. The highest BCUT2D eigenvalue weighted by Gasteiger charge is 2.35. The molecule has 1 aliphatic heterocycles. The van der Waals surface area contributed by atoms with Crippen LogP contribution in [-0.4, -0.2) is 0 Å². The summed E-state index contributed by atoms with van der Waals surface area (Å²) in [6, 6.07) is 17.8. The minimum absolute atomic E-state index is 0.787. The molecule has 0 fully saturated rings. The molecule has 0 radical (unpaired) electrons. The maximum atomic E-state index is 5.86. The lowest BCUT2D eigenvalue weighted by atomic mass is 9.87. The normalized spacial score (nSPS) is 15.8. The minimum atomic E-state index is 0.787. The number of ether oxygens (including phenoxy) is 1. The van der Waals surface area contributed by atoms with Gasteiger partial charge in [0.2, 0.25) is 0 Å². The van der Waals surface area contributed by atoms with Crippen LogP contribution >= 0.6 is 0 Å². The molecule has 3 aliphatic rings. The summed E-state index contributed by atoms with van der Waals surface area (Å²) >= 11 is 0. The average molecular weight is 296 g/mol. The van der Waals surface area contributed by atoms with Gasteiger partial charge in [-0.25, -0.2) is 0 Å². The van der Waals surface area contributed by atoms with Crippen LogP contribution in [0.15, 0.2) is 48.5 Å². The molecule has 0 amide bonds. The molecule has 1 heterocycles. The molecule has 0 atom stereocenters. The van der Waals surface area contributed by atoms with E-state index in [1.54, 1.807) is 0 Å². The van der Waals surface area contributed by atoms with Gasteiger partial charge in [0.15, 0.2) is 0 Å². The zero-order valence-corrected chi connectivity index (χ0v) is 12.9. The molecule has 6 rings (SSSR count). The second kappa shape index (κ2) is 4.12. The largest absolute Gasteiger partial charge is 0.372 e. The number of benzene rings is 3. The highest BCUT2D eigenvalue weighted by molar-refractivity contribution is 5.97. The summed E-state index contributed by atoms with van der Waals surface area (Å²) in [5, 5.41) is 0. The van der Waals surface area contributed by atoms with E-state index in [0.717, 1.165) is 26.1 Å². The predicted octanol–water partition coefficient (Wildman–Crippen LogP) is 4.86. The van der Waals surface area contributed by atoms with Crippen molar-refractivity contribution in [1.29, 1.82) is 0 Å². The van der Waals surface area contributed by atoms with E-state index in [1.807, 2.05) is 0 Å². The number of rotatable bonds is 0. The maximum absolute atomic E-state index is 5.86. The first-order valence-corrected chi connectivity index (χ1v) is 8.35. The monoisotopic (exact) mass is 296 g/mol. The van der Waals surface area contributed by atoms with Crippen LogP contribution in [0.1, 0.15) is 33.4 Å². The molecule has 1 heteroatoms. The van der Waals surface area contributed by atoms with Gasteiger partial charge in [0.25, 0.3) is 0 Å². The second-order valence-electron chi connectivity index (χ2n) is 6.82. The van der Waals surface area contributed by atoms with E-state index in [1.165, 1.54) is 55.6 Å². The quantitative estimate of drug-likeness (QED) is 0.396. The van der Waals surface area contributed by atoms with Crippen LogP contribution in [0.4, 0.5) is 0 Å². The molecule has 110 valence electrons. The van der Waals surface area contributed by atoms with E-state index in [4.69, 9.17) is 4.74 Å². The fourth-order valence-corrected chi connectivity index (χ4v) is 4.77. The lowest BCUT2D eigenvalue weighted by Crippen LogP contribution is -1.98. The van der Waals surface area contributed by atoms with Gasteiger partial charge in [-0.15, -0.1) is 0 Å². The Labute approximate surface area is 135 Å². The number of hydrogen-bond acceptors (Lipinski definition) is 1. The van der Waals surface area contributed by atoms with Crippen molar-refractivity contribution in [3.63, 3.8) is 0 Å². The van der Waals surface area contributed by atoms with Gasteiger partial charge in [0.1, 0.15) is 0 Å². The van der Waals surface area contributed by atoms with Gasteiger partial charge < -0.3 is 4.74 Å². The average Bonchev–Trinajstić information content (AvgIpc) is 3.28. The molecule has 0 spiro atoms. The van der Waals surface area contributed by atoms with Crippen molar-refractivity contribution in [3.05, 3.63) is 81.9 Å². The van der Waals surface area contributed by atoms with Crippen LogP contribution in [-0.2, 0) is 30.8 Å². The first-order valence-electron chi connectivity index (χ1n) is 8.35. The lowest BCUT2D eigenvalue weighted by Gasteiger charge is -2.15. The molecule has 3 aromatic rings. The Morgan fingerprint density at radius 2 is 1.04 bits per heavy atom. The minimum Gasteiger partial charge on any atom is -0.372 e. The molecule has 0 unspecified atom stereocenters. The van der Waals surface area contributed by atoms with Crippen molar-refractivity contribution in [1.82, 2.24) is 0 Å². The third kappa shape index (κ3) is 1.41. The smallest absolute Gasteiger partial charge is 0.0728 e. The van der Waals surface area contributed by atoms with Crippen molar-refractivity contribution in [2.75, 3.05) is 0 Å². The second-order valence-corrected chi connectivity index (χ2v) is 6.82. The first kappa shape index (κ1) is 12.1. The van der Waals surface area contributed by atoms with Crippen LogP contribution in [0.2, 0.25) is 0 Å². The van der Waals surface area contributed by atoms with Crippen molar-refractivity contribution < 1.29 is 4.74 Å². The van der Waals surface area contributed by atoms with E-state index >= 15 is 0 Å². The van der Waals surface area contributed by atoms with Gasteiger partial charge in [-0.3, -0.25) is 0 Å². The SMILES string of the molecule is c1ccc2c(c1)Cc1c3c(c4c(c1-2)-c1ccccc1C4)COC3. The Balaban J connectivity index is 1.79. The molecule has 0 aromatic heterocycles. The molecule has 0 saturated heterocycles. The van der Waals surface area contributed by atoms with Crippen LogP contribution < -0.4 is 0 Å². The van der Waals surface area contributed by atoms with Crippen LogP contribution in [0, 0.1) is 0 Å². The Kier molecular flexibility index (Phi) is 2.17. The van der Waals surface area contributed by atoms with Gasteiger partial charge >= 0.3 is 0 Å². The van der Waals surface area contributed by atoms with Gasteiger partial charge in [0.05, 0.1) is 13.2 Å². The van der Waals surface area contributed by atoms with Crippen LogP contribution in [0.5, 0.6) is 0 Å². The summed E-state index contributed by atoms with van der Waals surface area (Å²) in [6.07, 6.45) is 2.12. The van der Waals surface area contributed by atoms with E-state index in [0.29, 0.717) is 0 Å². The molecule has 0 N–H and O–H groups in total. The summed E-state index contributed by atoms with van der Waals surface area (Å²) in [6.45, 7) is 1.57. The van der Waals surface area contributed by atoms with E-state index in [2.05, 4.69) is 48.5 Å². The van der Waals surface area contributed by atoms with E-state index in [-0.39, 0.29) is 0 Å². The molecule has 0 saturated carbocycles. The zero-order valence-electron chi connectivity index (χ0n) is 12.9. The summed E-state index contributed by atoms with van der Waals surface area (Å²) in [7, 11) is 0. The lowest BCUT2D eigenvalue weighted by molar-refractivity contribution is 0.134. The van der Waals surface area contributed by atoms with Gasteiger partial charge in [-0.1, -0.05) is 48.5 Å². The molecular weight excluding hydrogens is 280 g/mol. The van der Waals surface area contributed by atoms with Gasteiger partial charge in [0, 0.05) is 0 Å². The Bertz CT molecular complexity index is 917. The third-order valence-electron chi connectivity index (χ3n) is 5.75. The van der Waals surface area contributed by atoms with Crippen LogP contribution in [0.25, 0.3) is 22.3 Å². The Morgan fingerprint density at radius 3 is 1.57 bits per heavy atom.